The summed E-state index contributed by atoms with van der Waals surface area (Å²) in [5, 5.41) is 0. The van der Waals surface area contributed by atoms with Crippen LogP contribution in [0.1, 0.15) is 46.5 Å². The van der Waals surface area contributed by atoms with Crippen molar-refractivity contribution >= 4 is 5.78 Å². The Kier molecular flexibility index (Phi) is 4.44. The molecule has 2 rings (SSSR count). The highest BCUT2D eigenvalue weighted by Crippen LogP contribution is 2.25. The second-order valence-corrected chi connectivity index (χ2v) is 6.69. The van der Waals surface area contributed by atoms with Gasteiger partial charge in [-0.3, -0.25) is 14.6 Å². The molecule has 104 valence electrons. The van der Waals surface area contributed by atoms with Crippen LogP contribution in [0, 0.1) is 5.41 Å². The molecule has 1 aliphatic heterocycles. The minimum atomic E-state index is -0.185. The maximum atomic E-state index is 11.6. The van der Waals surface area contributed by atoms with Crippen LogP contribution in [-0.2, 0) is 4.79 Å². The van der Waals surface area contributed by atoms with E-state index in [1.807, 2.05) is 0 Å². The molecule has 0 amide bonds. The van der Waals surface area contributed by atoms with E-state index < -0.39 is 0 Å². The lowest BCUT2D eigenvalue weighted by Crippen LogP contribution is -2.52. The minimum Gasteiger partial charge on any atom is -0.300 e. The van der Waals surface area contributed by atoms with Crippen LogP contribution < -0.4 is 0 Å². The molecule has 3 heteroatoms. The van der Waals surface area contributed by atoms with Gasteiger partial charge in [0.05, 0.1) is 0 Å². The van der Waals surface area contributed by atoms with Crippen LogP contribution >= 0.6 is 0 Å². The summed E-state index contributed by atoms with van der Waals surface area (Å²) in [7, 11) is 0. The number of Topliss-reactive ketones (excluding diaryl/α,β-unsaturated/α-hetero) is 1. The highest BCUT2D eigenvalue weighted by Gasteiger charge is 2.30. The fourth-order valence-electron chi connectivity index (χ4n) is 3.23. The average Bonchev–Trinajstić information content (AvgIpc) is 2.83. The monoisotopic (exact) mass is 252 g/mol. The molecule has 0 aromatic rings. The third kappa shape index (κ3) is 3.33. The summed E-state index contributed by atoms with van der Waals surface area (Å²) in [5.41, 5.74) is -0.185. The summed E-state index contributed by atoms with van der Waals surface area (Å²) in [5.74, 6) is 0.306. The van der Waals surface area contributed by atoms with Crippen molar-refractivity contribution in [3.05, 3.63) is 0 Å². The van der Waals surface area contributed by atoms with Gasteiger partial charge in [0.1, 0.15) is 5.78 Å². The standard InChI is InChI=1S/C15H28N2O/c1-13(18)15(2,3)12-16-8-10-17(11-9-16)14-6-4-5-7-14/h14H,4-12H2,1-3H3. The van der Waals surface area contributed by atoms with E-state index in [1.54, 1.807) is 6.92 Å². The predicted molar refractivity (Wildman–Crippen MR) is 74.7 cm³/mol. The Hall–Kier alpha value is -0.410. The van der Waals surface area contributed by atoms with E-state index in [2.05, 4.69) is 23.6 Å². The molecule has 18 heavy (non-hydrogen) atoms. The molecular formula is C15H28N2O. The molecule has 0 unspecified atom stereocenters. The Morgan fingerprint density at radius 3 is 2.17 bits per heavy atom. The van der Waals surface area contributed by atoms with Crippen molar-refractivity contribution in [1.82, 2.24) is 9.80 Å². The van der Waals surface area contributed by atoms with Gasteiger partial charge in [-0.05, 0) is 19.8 Å². The van der Waals surface area contributed by atoms with Crippen molar-refractivity contribution in [2.75, 3.05) is 32.7 Å². The first-order valence-electron chi connectivity index (χ1n) is 7.46. The molecule has 0 bridgehead atoms. The molecule has 2 aliphatic rings. The SMILES string of the molecule is CC(=O)C(C)(C)CN1CCN(C2CCCC2)CC1. The molecule has 0 aromatic heterocycles. The zero-order chi connectivity index (χ0) is 13.2. The molecular weight excluding hydrogens is 224 g/mol. The largest absolute Gasteiger partial charge is 0.300 e. The number of hydrogen-bond acceptors (Lipinski definition) is 3. The summed E-state index contributed by atoms with van der Waals surface area (Å²) < 4.78 is 0. The minimum absolute atomic E-state index is 0.185. The molecule has 1 saturated heterocycles. The Morgan fingerprint density at radius 1 is 1.11 bits per heavy atom. The van der Waals surface area contributed by atoms with Gasteiger partial charge in [-0.1, -0.05) is 26.7 Å². The number of nitrogens with zero attached hydrogens (tertiary/aromatic N) is 2. The van der Waals surface area contributed by atoms with E-state index in [9.17, 15) is 4.79 Å². The lowest BCUT2D eigenvalue weighted by atomic mass is 9.88. The smallest absolute Gasteiger partial charge is 0.136 e. The van der Waals surface area contributed by atoms with Gasteiger partial charge in [-0.2, -0.15) is 0 Å². The number of ketones is 1. The first-order chi connectivity index (χ1) is 8.49. The third-order valence-electron chi connectivity index (χ3n) is 4.82. The number of hydrogen-bond donors (Lipinski definition) is 0. The average molecular weight is 252 g/mol. The van der Waals surface area contributed by atoms with Crippen LogP contribution in [0.15, 0.2) is 0 Å². The van der Waals surface area contributed by atoms with E-state index >= 15 is 0 Å². The van der Waals surface area contributed by atoms with Gasteiger partial charge in [0.25, 0.3) is 0 Å². The van der Waals surface area contributed by atoms with Crippen molar-refractivity contribution in [1.29, 1.82) is 0 Å². The zero-order valence-electron chi connectivity index (χ0n) is 12.2. The van der Waals surface area contributed by atoms with Gasteiger partial charge in [0.15, 0.2) is 0 Å². The summed E-state index contributed by atoms with van der Waals surface area (Å²) in [6.07, 6.45) is 5.64. The number of piperazine rings is 1. The molecule has 0 radical (unpaired) electrons. The maximum absolute atomic E-state index is 11.6. The van der Waals surface area contributed by atoms with Gasteiger partial charge >= 0.3 is 0 Å². The van der Waals surface area contributed by atoms with Crippen molar-refractivity contribution < 1.29 is 4.79 Å². The number of carbonyl (C=O) groups excluding carboxylic acids is 1. The number of carbonyl (C=O) groups is 1. The Bertz CT molecular complexity index is 287. The van der Waals surface area contributed by atoms with Crippen LogP contribution in [-0.4, -0.2) is 54.3 Å². The zero-order valence-corrected chi connectivity index (χ0v) is 12.2. The van der Waals surface area contributed by atoms with Gasteiger partial charge < -0.3 is 0 Å². The van der Waals surface area contributed by atoms with E-state index in [0.717, 1.165) is 25.7 Å². The topological polar surface area (TPSA) is 23.6 Å². The quantitative estimate of drug-likeness (QED) is 0.766. The van der Waals surface area contributed by atoms with Crippen LogP contribution in [0.4, 0.5) is 0 Å². The summed E-state index contributed by atoms with van der Waals surface area (Å²) in [4.78, 5) is 16.7. The molecule has 3 nitrogen and oxygen atoms in total. The molecule has 0 atom stereocenters. The molecule has 1 aliphatic carbocycles. The van der Waals surface area contributed by atoms with E-state index in [0.29, 0.717) is 5.78 Å². The van der Waals surface area contributed by atoms with Gasteiger partial charge in [-0.25, -0.2) is 0 Å². The van der Waals surface area contributed by atoms with Crippen LogP contribution in [0.3, 0.4) is 0 Å². The van der Waals surface area contributed by atoms with E-state index in [4.69, 9.17) is 0 Å². The molecule has 0 spiro atoms. The second-order valence-electron chi connectivity index (χ2n) is 6.69. The van der Waals surface area contributed by atoms with E-state index in [1.165, 1.54) is 38.8 Å². The lowest BCUT2D eigenvalue weighted by Gasteiger charge is -2.40. The molecule has 2 fully saturated rings. The Labute approximate surface area is 112 Å². The maximum Gasteiger partial charge on any atom is 0.136 e. The Balaban J connectivity index is 1.78. The summed E-state index contributed by atoms with van der Waals surface area (Å²) in [6.45, 7) is 11.4. The van der Waals surface area contributed by atoms with Crippen LogP contribution in [0.2, 0.25) is 0 Å². The van der Waals surface area contributed by atoms with Crippen molar-refractivity contribution in [3.63, 3.8) is 0 Å². The second kappa shape index (κ2) is 5.70. The highest BCUT2D eigenvalue weighted by atomic mass is 16.1. The molecule has 1 saturated carbocycles. The van der Waals surface area contributed by atoms with Crippen molar-refractivity contribution in [2.24, 2.45) is 5.41 Å². The van der Waals surface area contributed by atoms with Gasteiger partial charge in [0.2, 0.25) is 0 Å². The van der Waals surface area contributed by atoms with Crippen molar-refractivity contribution in [2.45, 2.75) is 52.5 Å². The lowest BCUT2D eigenvalue weighted by molar-refractivity contribution is -0.126. The first kappa shape index (κ1) is 14.0. The number of rotatable bonds is 4. The highest BCUT2D eigenvalue weighted by molar-refractivity contribution is 5.81. The van der Waals surface area contributed by atoms with Crippen LogP contribution in [0.25, 0.3) is 0 Å². The fourth-order valence-corrected chi connectivity index (χ4v) is 3.23. The van der Waals surface area contributed by atoms with Gasteiger partial charge in [0, 0.05) is 44.2 Å². The fraction of sp³-hybridized carbons (Fsp3) is 0.933. The van der Waals surface area contributed by atoms with E-state index in [-0.39, 0.29) is 5.41 Å². The summed E-state index contributed by atoms with van der Waals surface area (Å²) >= 11 is 0. The van der Waals surface area contributed by atoms with Crippen molar-refractivity contribution in [3.8, 4) is 0 Å². The normalized spacial score (nSPS) is 24.6. The molecule has 0 aromatic carbocycles. The molecule has 0 N–H and O–H groups in total. The summed E-state index contributed by atoms with van der Waals surface area (Å²) in [6, 6.07) is 0.855. The van der Waals surface area contributed by atoms with Gasteiger partial charge in [-0.15, -0.1) is 0 Å². The van der Waals surface area contributed by atoms with Crippen LogP contribution in [0.5, 0.6) is 0 Å². The molecule has 1 heterocycles. The first-order valence-corrected chi connectivity index (χ1v) is 7.46. The Morgan fingerprint density at radius 2 is 1.67 bits per heavy atom. The third-order valence-corrected chi connectivity index (χ3v) is 4.82. The predicted octanol–water partition coefficient (Wildman–Crippen LogP) is 2.16.